The second kappa shape index (κ2) is 6.55. The normalized spacial score (nSPS) is 34.9. The molecule has 112 valence electrons. The molecule has 0 radical (unpaired) electrons. The SMILES string of the molecule is CC(C)CCN1CCN([C@]2(C)CCO[C@@H](C)C2)CC1. The Morgan fingerprint density at radius 1 is 1.21 bits per heavy atom. The molecule has 19 heavy (non-hydrogen) atoms. The summed E-state index contributed by atoms with van der Waals surface area (Å²) >= 11 is 0. The van der Waals surface area contributed by atoms with Crippen LogP contribution in [0.5, 0.6) is 0 Å². The van der Waals surface area contributed by atoms with Gasteiger partial charge in [0.05, 0.1) is 6.10 Å². The number of rotatable bonds is 4. The monoisotopic (exact) mass is 268 g/mol. The number of piperazine rings is 1. The first kappa shape index (κ1) is 15.3. The molecule has 2 saturated heterocycles. The van der Waals surface area contributed by atoms with E-state index in [0.29, 0.717) is 11.6 Å². The lowest BCUT2D eigenvalue weighted by molar-refractivity contribution is -0.0714. The molecule has 0 aromatic rings. The van der Waals surface area contributed by atoms with Crippen LogP contribution < -0.4 is 0 Å². The zero-order valence-electron chi connectivity index (χ0n) is 13.3. The smallest absolute Gasteiger partial charge is 0.0564 e. The van der Waals surface area contributed by atoms with Crippen molar-refractivity contribution in [2.75, 3.05) is 39.3 Å². The van der Waals surface area contributed by atoms with Gasteiger partial charge in [-0.15, -0.1) is 0 Å². The lowest BCUT2D eigenvalue weighted by Crippen LogP contribution is -2.58. The molecule has 3 nitrogen and oxygen atoms in total. The van der Waals surface area contributed by atoms with Crippen molar-refractivity contribution < 1.29 is 4.74 Å². The number of ether oxygens (including phenoxy) is 1. The lowest BCUT2D eigenvalue weighted by atomic mass is 9.86. The number of hydrogen-bond acceptors (Lipinski definition) is 3. The van der Waals surface area contributed by atoms with Crippen molar-refractivity contribution >= 4 is 0 Å². The maximum absolute atomic E-state index is 5.71. The van der Waals surface area contributed by atoms with E-state index < -0.39 is 0 Å². The Morgan fingerprint density at radius 2 is 1.89 bits per heavy atom. The highest BCUT2D eigenvalue weighted by Gasteiger charge is 2.37. The Morgan fingerprint density at radius 3 is 2.47 bits per heavy atom. The van der Waals surface area contributed by atoms with E-state index in [9.17, 15) is 0 Å². The third-order valence-electron chi connectivity index (χ3n) is 4.93. The van der Waals surface area contributed by atoms with Gasteiger partial charge in [0.1, 0.15) is 0 Å². The summed E-state index contributed by atoms with van der Waals surface area (Å²) in [4.78, 5) is 5.36. The zero-order valence-corrected chi connectivity index (χ0v) is 13.3. The highest BCUT2D eigenvalue weighted by molar-refractivity contribution is 4.93. The molecule has 2 atom stereocenters. The van der Waals surface area contributed by atoms with E-state index in [0.717, 1.165) is 12.5 Å². The van der Waals surface area contributed by atoms with Gasteiger partial charge in [-0.05, 0) is 45.6 Å². The summed E-state index contributed by atoms with van der Waals surface area (Å²) in [6, 6.07) is 0. The summed E-state index contributed by atoms with van der Waals surface area (Å²) in [5, 5.41) is 0. The molecule has 0 spiro atoms. The van der Waals surface area contributed by atoms with Crippen LogP contribution in [0.25, 0.3) is 0 Å². The average Bonchev–Trinajstić information content (AvgIpc) is 2.36. The van der Waals surface area contributed by atoms with Gasteiger partial charge in [-0.25, -0.2) is 0 Å². The minimum Gasteiger partial charge on any atom is -0.378 e. The Kier molecular flexibility index (Phi) is 5.27. The van der Waals surface area contributed by atoms with E-state index in [1.165, 1.54) is 52.0 Å². The molecule has 0 aromatic carbocycles. The van der Waals surface area contributed by atoms with Crippen LogP contribution in [0.4, 0.5) is 0 Å². The molecule has 2 aliphatic rings. The fraction of sp³-hybridized carbons (Fsp3) is 1.00. The summed E-state index contributed by atoms with van der Waals surface area (Å²) in [7, 11) is 0. The molecular formula is C16H32N2O. The molecule has 0 N–H and O–H groups in total. The Balaban J connectivity index is 1.79. The standard InChI is InChI=1S/C16H32N2O/c1-14(2)5-7-17-8-10-18(11-9-17)16(4)6-12-19-15(3)13-16/h14-15H,5-13H2,1-4H3/t15-,16+/m0/s1. The van der Waals surface area contributed by atoms with Crippen molar-refractivity contribution in [3.05, 3.63) is 0 Å². The Bertz CT molecular complexity index is 274. The topological polar surface area (TPSA) is 15.7 Å². The first-order valence-electron chi connectivity index (χ1n) is 8.08. The van der Waals surface area contributed by atoms with E-state index >= 15 is 0 Å². The molecule has 0 saturated carbocycles. The van der Waals surface area contributed by atoms with Gasteiger partial charge in [-0.2, -0.15) is 0 Å². The van der Waals surface area contributed by atoms with Crippen molar-refractivity contribution in [1.29, 1.82) is 0 Å². The molecular weight excluding hydrogens is 236 g/mol. The second-order valence-corrected chi connectivity index (χ2v) is 7.14. The van der Waals surface area contributed by atoms with Crippen molar-refractivity contribution in [2.24, 2.45) is 5.92 Å². The van der Waals surface area contributed by atoms with Crippen LogP contribution in [0.3, 0.4) is 0 Å². The first-order valence-corrected chi connectivity index (χ1v) is 8.08. The minimum absolute atomic E-state index is 0.377. The van der Waals surface area contributed by atoms with Crippen LogP contribution in [0, 0.1) is 5.92 Å². The largest absolute Gasteiger partial charge is 0.378 e. The lowest BCUT2D eigenvalue weighted by Gasteiger charge is -2.49. The van der Waals surface area contributed by atoms with Gasteiger partial charge in [0.2, 0.25) is 0 Å². The van der Waals surface area contributed by atoms with Gasteiger partial charge in [0.25, 0.3) is 0 Å². The molecule has 2 aliphatic heterocycles. The molecule has 0 aromatic heterocycles. The average molecular weight is 268 g/mol. The van der Waals surface area contributed by atoms with Gasteiger partial charge in [-0.1, -0.05) is 13.8 Å². The van der Waals surface area contributed by atoms with E-state index in [1.807, 2.05) is 0 Å². The molecule has 2 rings (SSSR count). The maximum Gasteiger partial charge on any atom is 0.0564 e. The van der Waals surface area contributed by atoms with Gasteiger partial charge in [-0.3, -0.25) is 4.90 Å². The predicted molar refractivity (Wildman–Crippen MR) is 80.5 cm³/mol. The summed E-state index contributed by atoms with van der Waals surface area (Å²) in [6.45, 7) is 16.5. The highest BCUT2D eigenvalue weighted by atomic mass is 16.5. The van der Waals surface area contributed by atoms with Crippen LogP contribution in [-0.4, -0.2) is 60.8 Å². The molecule has 2 heterocycles. The van der Waals surface area contributed by atoms with E-state index in [2.05, 4.69) is 37.5 Å². The maximum atomic E-state index is 5.71. The van der Waals surface area contributed by atoms with E-state index in [4.69, 9.17) is 4.74 Å². The zero-order chi connectivity index (χ0) is 13.9. The Labute approximate surface area is 119 Å². The summed E-state index contributed by atoms with van der Waals surface area (Å²) < 4.78 is 5.71. The van der Waals surface area contributed by atoms with Crippen LogP contribution in [0.2, 0.25) is 0 Å². The fourth-order valence-corrected chi connectivity index (χ4v) is 3.50. The van der Waals surface area contributed by atoms with Crippen LogP contribution >= 0.6 is 0 Å². The highest BCUT2D eigenvalue weighted by Crippen LogP contribution is 2.31. The van der Waals surface area contributed by atoms with Crippen LogP contribution in [0.1, 0.15) is 47.0 Å². The van der Waals surface area contributed by atoms with Gasteiger partial charge >= 0.3 is 0 Å². The van der Waals surface area contributed by atoms with Gasteiger partial charge < -0.3 is 9.64 Å². The predicted octanol–water partition coefficient (Wildman–Crippen LogP) is 2.61. The fourth-order valence-electron chi connectivity index (χ4n) is 3.50. The third-order valence-corrected chi connectivity index (χ3v) is 4.93. The molecule has 0 bridgehead atoms. The van der Waals surface area contributed by atoms with E-state index in [-0.39, 0.29) is 0 Å². The molecule has 0 unspecified atom stereocenters. The number of nitrogens with zero attached hydrogens (tertiary/aromatic N) is 2. The number of hydrogen-bond donors (Lipinski definition) is 0. The van der Waals surface area contributed by atoms with Crippen LogP contribution in [0.15, 0.2) is 0 Å². The van der Waals surface area contributed by atoms with Crippen LogP contribution in [-0.2, 0) is 4.74 Å². The van der Waals surface area contributed by atoms with Crippen molar-refractivity contribution in [3.63, 3.8) is 0 Å². The summed E-state index contributed by atoms with van der Waals surface area (Å²) in [5.41, 5.74) is 0.377. The van der Waals surface area contributed by atoms with Gasteiger partial charge in [0.15, 0.2) is 0 Å². The third kappa shape index (κ3) is 4.17. The van der Waals surface area contributed by atoms with E-state index in [1.54, 1.807) is 0 Å². The van der Waals surface area contributed by atoms with Crippen molar-refractivity contribution in [2.45, 2.75) is 58.6 Å². The first-order chi connectivity index (χ1) is 8.99. The summed E-state index contributed by atoms with van der Waals surface area (Å²) in [6.07, 6.45) is 4.16. The molecule has 2 fully saturated rings. The second-order valence-electron chi connectivity index (χ2n) is 7.14. The molecule has 3 heteroatoms. The molecule has 0 aliphatic carbocycles. The minimum atomic E-state index is 0.377. The quantitative estimate of drug-likeness (QED) is 0.779. The molecule has 0 amide bonds. The van der Waals surface area contributed by atoms with Gasteiger partial charge in [0, 0.05) is 38.3 Å². The van der Waals surface area contributed by atoms with Crippen molar-refractivity contribution in [3.8, 4) is 0 Å². The van der Waals surface area contributed by atoms with Crippen molar-refractivity contribution in [1.82, 2.24) is 9.80 Å². The summed E-state index contributed by atoms with van der Waals surface area (Å²) in [5.74, 6) is 0.826. The Hall–Kier alpha value is -0.120.